The Morgan fingerprint density at radius 2 is 1.27 bits per heavy atom. The second-order valence-electron chi connectivity index (χ2n) is 5.18. The van der Waals surface area contributed by atoms with Gasteiger partial charge in [-0.05, 0) is 39.0 Å². The zero-order chi connectivity index (χ0) is 11.3. The van der Waals surface area contributed by atoms with Crippen LogP contribution in [-0.2, 0) is 0 Å². The van der Waals surface area contributed by atoms with E-state index in [2.05, 4.69) is 36.1 Å². The van der Waals surface area contributed by atoms with Gasteiger partial charge < -0.3 is 9.13 Å². The van der Waals surface area contributed by atoms with E-state index >= 15 is 0 Å². The van der Waals surface area contributed by atoms with Crippen molar-refractivity contribution < 1.29 is 0 Å². The van der Waals surface area contributed by atoms with E-state index in [1.807, 2.05) is 0 Å². The number of nitrogens with zero attached hydrogens (tertiary/aromatic N) is 2. The van der Waals surface area contributed by atoms with Crippen molar-refractivity contribution in [3.63, 3.8) is 0 Å². The predicted octanol–water partition coefficient (Wildman–Crippen LogP) is 2.91. The molecule has 0 aromatic heterocycles. The molecule has 1 heterocycles. The summed E-state index contributed by atoms with van der Waals surface area (Å²) in [6.45, 7) is 14.9. The van der Waals surface area contributed by atoms with Crippen LogP contribution >= 0.6 is 0 Å². The molecular formula is C12H28N2Si. The second-order valence-corrected chi connectivity index (χ2v) is 9.43. The molecule has 0 spiro atoms. The topological polar surface area (TPSA) is 6.48 Å². The van der Waals surface area contributed by atoms with Crippen LogP contribution in [0.15, 0.2) is 0 Å². The van der Waals surface area contributed by atoms with Crippen LogP contribution in [0, 0.1) is 0 Å². The fourth-order valence-electron chi connectivity index (χ4n) is 2.46. The van der Waals surface area contributed by atoms with Crippen LogP contribution in [0.2, 0.25) is 13.1 Å². The molecule has 1 fully saturated rings. The molecule has 1 aliphatic rings. The summed E-state index contributed by atoms with van der Waals surface area (Å²) in [5.41, 5.74) is 0. The van der Waals surface area contributed by atoms with Crippen LogP contribution in [0.1, 0.15) is 39.5 Å². The highest BCUT2D eigenvalue weighted by atomic mass is 28.3. The Kier molecular flexibility index (Phi) is 5.30. The lowest BCUT2D eigenvalue weighted by molar-refractivity contribution is 0.449. The number of hydrogen-bond acceptors (Lipinski definition) is 2. The van der Waals surface area contributed by atoms with E-state index in [0.717, 1.165) is 0 Å². The van der Waals surface area contributed by atoms with E-state index in [4.69, 9.17) is 0 Å². The zero-order valence-electron chi connectivity index (χ0n) is 11.1. The molecule has 0 aromatic carbocycles. The Labute approximate surface area is 96.8 Å². The van der Waals surface area contributed by atoms with Crippen molar-refractivity contribution in [1.29, 1.82) is 0 Å². The molecule has 0 radical (unpaired) electrons. The zero-order valence-corrected chi connectivity index (χ0v) is 12.1. The first kappa shape index (κ1) is 13.2. The van der Waals surface area contributed by atoms with Gasteiger partial charge in [0.1, 0.15) is 0 Å². The third-order valence-electron chi connectivity index (χ3n) is 3.75. The van der Waals surface area contributed by atoms with Crippen LogP contribution in [0.4, 0.5) is 0 Å². The predicted molar refractivity (Wildman–Crippen MR) is 70.4 cm³/mol. The maximum absolute atomic E-state index is 2.78. The van der Waals surface area contributed by atoms with Crippen LogP contribution in [0.5, 0.6) is 0 Å². The summed E-state index contributed by atoms with van der Waals surface area (Å²) in [6, 6.07) is 0. The van der Waals surface area contributed by atoms with E-state index < -0.39 is 8.40 Å². The fourth-order valence-corrected chi connectivity index (χ4v) is 5.56. The van der Waals surface area contributed by atoms with Crippen molar-refractivity contribution in [3.05, 3.63) is 0 Å². The first-order valence-corrected chi connectivity index (χ1v) is 9.52. The van der Waals surface area contributed by atoms with Gasteiger partial charge in [-0.25, -0.2) is 0 Å². The van der Waals surface area contributed by atoms with Gasteiger partial charge in [0.2, 0.25) is 8.40 Å². The van der Waals surface area contributed by atoms with Crippen molar-refractivity contribution in [2.45, 2.75) is 52.6 Å². The van der Waals surface area contributed by atoms with Crippen LogP contribution < -0.4 is 0 Å². The van der Waals surface area contributed by atoms with Gasteiger partial charge in [-0.3, -0.25) is 0 Å². The number of hydrogen-bond donors (Lipinski definition) is 0. The molecule has 0 atom stereocenters. The average Bonchev–Trinajstić information content (AvgIpc) is 2.48. The van der Waals surface area contributed by atoms with Crippen LogP contribution in [0.25, 0.3) is 0 Å². The summed E-state index contributed by atoms with van der Waals surface area (Å²) in [6.07, 6.45) is 5.40. The van der Waals surface area contributed by atoms with Gasteiger partial charge in [0.05, 0.1) is 0 Å². The van der Waals surface area contributed by atoms with Crippen molar-refractivity contribution in [2.24, 2.45) is 0 Å². The molecule has 15 heavy (non-hydrogen) atoms. The van der Waals surface area contributed by atoms with Crippen molar-refractivity contribution in [3.8, 4) is 0 Å². The van der Waals surface area contributed by atoms with Gasteiger partial charge >= 0.3 is 0 Å². The maximum Gasteiger partial charge on any atom is 0.200 e. The Morgan fingerprint density at radius 1 is 0.867 bits per heavy atom. The third-order valence-corrected chi connectivity index (χ3v) is 7.74. The largest absolute Gasteiger partial charge is 0.311 e. The summed E-state index contributed by atoms with van der Waals surface area (Å²) >= 11 is 0. The molecule has 1 saturated heterocycles. The summed E-state index contributed by atoms with van der Waals surface area (Å²) in [4.78, 5) is 0. The fraction of sp³-hybridized carbons (Fsp3) is 1.00. The molecule has 0 bridgehead atoms. The Morgan fingerprint density at radius 3 is 1.60 bits per heavy atom. The maximum atomic E-state index is 2.78. The Hall–Kier alpha value is 0.137. The molecule has 0 N–H and O–H groups in total. The SMILES string of the molecule is CCCCN1CCN(CCCC)[Si]1(C)C. The first-order valence-electron chi connectivity index (χ1n) is 6.63. The highest BCUT2D eigenvalue weighted by Crippen LogP contribution is 2.22. The normalized spacial score (nSPS) is 22.4. The summed E-state index contributed by atoms with van der Waals surface area (Å²) in [5, 5.41) is 0. The van der Waals surface area contributed by atoms with Gasteiger partial charge in [0.25, 0.3) is 0 Å². The third kappa shape index (κ3) is 3.30. The van der Waals surface area contributed by atoms with Crippen LogP contribution in [-0.4, -0.2) is 43.7 Å². The lowest BCUT2D eigenvalue weighted by Crippen LogP contribution is -2.54. The lowest BCUT2D eigenvalue weighted by atomic mass is 10.3. The number of rotatable bonds is 6. The highest BCUT2D eigenvalue weighted by Gasteiger charge is 2.40. The lowest BCUT2D eigenvalue weighted by Gasteiger charge is -2.35. The minimum absolute atomic E-state index is 1.21. The molecule has 0 saturated carbocycles. The molecule has 0 aliphatic carbocycles. The van der Waals surface area contributed by atoms with Gasteiger partial charge in [-0.2, -0.15) is 0 Å². The van der Waals surface area contributed by atoms with Crippen molar-refractivity contribution >= 4 is 8.40 Å². The smallest absolute Gasteiger partial charge is 0.200 e. The number of unbranched alkanes of at least 4 members (excludes halogenated alkanes) is 2. The summed E-state index contributed by atoms with van der Waals surface area (Å²) < 4.78 is 5.57. The Bertz CT molecular complexity index is 164. The standard InChI is InChI=1S/C12H28N2Si/c1-5-7-9-13-11-12-14(10-8-6-2)15(13,3)4/h5-12H2,1-4H3. The quantitative estimate of drug-likeness (QED) is 0.645. The average molecular weight is 228 g/mol. The van der Waals surface area contributed by atoms with E-state index in [0.29, 0.717) is 0 Å². The van der Waals surface area contributed by atoms with E-state index in [1.54, 1.807) is 0 Å². The van der Waals surface area contributed by atoms with Crippen LogP contribution in [0.3, 0.4) is 0 Å². The Balaban J connectivity index is 2.43. The molecule has 90 valence electrons. The molecule has 1 aliphatic heterocycles. The molecule has 0 unspecified atom stereocenters. The molecule has 0 amide bonds. The minimum atomic E-state index is -1.21. The molecule has 3 heteroatoms. The first-order chi connectivity index (χ1) is 7.12. The van der Waals surface area contributed by atoms with E-state index in [9.17, 15) is 0 Å². The van der Waals surface area contributed by atoms with Crippen molar-refractivity contribution in [2.75, 3.05) is 26.2 Å². The van der Waals surface area contributed by atoms with Gasteiger partial charge in [-0.1, -0.05) is 26.7 Å². The molecule has 0 aromatic rings. The monoisotopic (exact) mass is 228 g/mol. The van der Waals surface area contributed by atoms with E-state index in [1.165, 1.54) is 51.9 Å². The van der Waals surface area contributed by atoms with E-state index in [-0.39, 0.29) is 0 Å². The molecular weight excluding hydrogens is 200 g/mol. The summed E-state index contributed by atoms with van der Waals surface area (Å²) in [7, 11) is -1.21. The molecule has 1 rings (SSSR count). The van der Waals surface area contributed by atoms with Gasteiger partial charge in [0, 0.05) is 13.1 Å². The summed E-state index contributed by atoms with van der Waals surface area (Å²) in [5.74, 6) is 0. The highest BCUT2D eigenvalue weighted by molar-refractivity contribution is 6.72. The van der Waals surface area contributed by atoms with Gasteiger partial charge in [0.15, 0.2) is 0 Å². The molecule has 2 nitrogen and oxygen atoms in total. The minimum Gasteiger partial charge on any atom is -0.311 e. The van der Waals surface area contributed by atoms with Crippen molar-refractivity contribution in [1.82, 2.24) is 9.13 Å². The van der Waals surface area contributed by atoms with Gasteiger partial charge in [-0.15, -0.1) is 0 Å². The second kappa shape index (κ2) is 6.02.